The SMILES string of the molecule is O=C1[C@@H](CCCl)Sc2nc3ccccc3n21. The number of para-hydroxylation sites is 2. The number of hydrogen-bond donors (Lipinski definition) is 0. The molecule has 0 bridgehead atoms. The molecule has 82 valence electrons. The fourth-order valence-electron chi connectivity index (χ4n) is 1.90. The van der Waals surface area contributed by atoms with E-state index in [1.54, 1.807) is 4.57 Å². The molecule has 1 aromatic heterocycles. The Labute approximate surface area is 102 Å². The Morgan fingerprint density at radius 3 is 3.06 bits per heavy atom. The van der Waals surface area contributed by atoms with Gasteiger partial charge < -0.3 is 0 Å². The lowest BCUT2D eigenvalue weighted by atomic mass is 10.3. The molecule has 0 fully saturated rings. The fraction of sp³-hybridized carbons (Fsp3) is 0.273. The third-order valence-corrected chi connectivity index (χ3v) is 4.07. The first kappa shape index (κ1) is 10.2. The maximum Gasteiger partial charge on any atom is 0.246 e. The largest absolute Gasteiger partial charge is 0.273 e. The molecule has 0 aliphatic carbocycles. The van der Waals surface area contributed by atoms with Gasteiger partial charge in [-0.1, -0.05) is 23.9 Å². The van der Waals surface area contributed by atoms with Gasteiger partial charge in [-0.25, -0.2) is 4.98 Å². The van der Waals surface area contributed by atoms with Crippen LogP contribution in [0.1, 0.15) is 11.2 Å². The maximum atomic E-state index is 12.1. The number of hydrogen-bond acceptors (Lipinski definition) is 3. The standard InChI is InChI=1S/C11H9ClN2OS/c12-6-5-9-10(15)14-8-4-2-1-3-7(8)13-11(14)16-9/h1-4,9H,5-6H2/t9-/m1/s1. The molecule has 0 amide bonds. The van der Waals surface area contributed by atoms with Crippen LogP contribution >= 0.6 is 23.4 Å². The molecule has 1 atom stereocenters. The monoisotopic (exact) mass is 252 g/mol. The maximum absolute atomic E-state index is 12.1. The van der Waals surface area contributed by atoms with Crippen molar-refractivity contribution in [2.45, 2.75) is 16.8 Å². The zero-order chi connectivity index (χ0) is 11.1. The number of alkyl halides is 1. The number of thioether (sulfide) groups is 1. The number of nitrogens with zero attached hydrogens (tertiary/aromatic N) is 2. The number of imidazole rings is 1. The Kier molecular flexibility index (Phi) is 2.41. The van der Waals surface area contributed by atoms with Crippen molar-refractivity contribution in [1.82, 2.24) is 9.55 Å². The van der Waals surface area contributed by atoms with Crippen molar-refractivity contribution in [3.8, 4) is 0 Å². The Bertz CT molecular complexity index is 566. The quantitative estimate of drug-likeness (QED) is 0.771. The molecule has 1 aliphatic heterocycles. The molecule has 0 saturated carbocycles. The molecule has 1 aliphatic rings. The van der Waals surface area contributed by atoms with E-state index >= 15 is 0 Å². The molecular weight excluding hydrogens is 244 g/mol. The van der Waals surface area contributed by atoms with Crippen LogP contribution in [0.2, 0.25) is 0 Å². The molecule has 0 spiro atoms. The first-order chi connectivity index (χ1) is 7.81. The van der Waals surface area contributed by atoms with Crippen molar-refractivity contribution in [1.29, 1.82) is 0 Å². The predicted molar refractivity (Wildman–Crippen MR) is 65.3 cm³/mol. The van der Waals surface area contributed by atoms with Crippen molar-refractivity contribution >= 4 is 40.3 Å². The number of halogens is 1. The lowest BCUT2D eigenvalue weighted by molar-refractivity contribution is 0.0914. The number of carbonyl (C=O) groups excluding carboxylic acids is 1. The van der Waals surface area contributed by atoms with Gasteiger partial charge in [0.1, 0.15) is 0 Å². The lowest BCUT2D eigenvalue weighted by Gasteiger charge is -2.03. The zero-order valence-corrected chi connectivity index (χ0v) is 9.96. The van der Waals surface area contributed by atoms with Gasteiger partial charge in [0.15, 0.2) is 5.16 Å². The van der Waals surface area contributed by atoms with Gasteiger partial charge >= 0.3 is 0 Å². The summed E-state index contributed by atoms with van der Waals surface area (Å²) in [5, 5.41) is 0.728. The van der Waals surface area contributed by atoms with Crippen LogP contribution in [-0.4, -0.2) is 26.6 Å². The number of aromatic nitrogens is 2. The molecule has 0 N–H and O–H groups in total. The van der Waals surface area contributed by atoms with Gasteiger partial charge in [0.2, 0.25) is 5.91 Å². The number of rotatable bonds is 2. The molecule has 2 aromatic rings. The van der Waals surface area contributed by atoms with Crippen molar-refractivity contribution < 1.29 is 4.79 Å². The summed E-state index contributed by atoms with van der Waals surface area (Å²) >= 11 is 7.19. The number of fused-ring (bicyclic) bond motifs is 3. The van der Waals surface area contributed by atoms with Crippen LogP contribution in [0.3, 0.4) is 0 Å². The molecule has 2 heterocycles. The first-order valence-electron chi connectivity index (χ1n) is 5.05. The van der Waals surface area contributed by atoms with Crippen LogP contribution in [0.5, 0.6) is 0 Å². The van der Waals surface area contributed by atoms with Gasteiger partial charge in [0.05, 0.1) is 16.3 Å². The minimum atomic E-state index is -0.0652. The van der Waals surface area contributed by atoms with Crippen molar-refractivity contribution in [3.05, 3.63) is 24.3 Å². The highest BCUT2D eigenvalue weighted by Gasteiger charge is 2.33. The van der Waals surface area contributed by atoms with E-state index in [2.05, 4.69) is 4.98 Å². The average Bonchev–Trinajstić information content (AvgIpc) is 2.78. The van der Waals surface area contributed by atoms with Crippen LogP contribution in [0, 0.1) is 0 Å². The summed E-state index contributed by atoms with van der Waals surface area (Å²) in [5.74, 6) is 0.612. The van der Waals surface area contributed by atoms with E-state index in [0.29, 0.717) is 12.3 Å². The fourth-order valence-corrected chi connectivity index (χ4v) is 3.39. The van der Waals surface area contributed by atoms with Crippen LogP contribution in [0.25, 0.3) is 11.0 Å². The van der Waals surface area contributed by atoms with E-state index in [1.165, 1.54) is 11.8 Å². The second-order valence-corrected chi connectivity index (χ2v) is 5.19. The highest BCUT2D eigenvalue weighted by Crippen LogP contribution is 2.36. The highest BCUT2D eigenvalue weighted by molar-refractivity contribution is 8.00. The third-order valence-electron chi connectivity index (χ3n) is 2.64. The molecule has 0 radical (unpaired) electrons. The molecule has 0 saturated heterocycles. The summed E-state index contributed by atoms with van der Waals surface area (Å²) in [5.41, 5.74) is 1.77. The first-order valence-corrected chi connectivity index (χ1v) is 6.47. The van der Waals surface area contributed by atoms with E-state index in [4.69, 9.17) is 11.6 Å². The lowest BCUT2D eigenvalue weighted by Crippen LogP contribution is -2.17. The second kappa shape index (κ2) is 3.79. The summed E-state index contributed by atoms with van der Waals surface area (Å²) < 4.78 is 1.71. The minimum Gasteiger partial charge on any atom is -0.273 e. The van der Waals surface area contributed by atoms with Crippen molar-refractivity contribution in [3.63, 3.8) is 0 Å². The molecule has 3 nitrogen and oxygen atoms in total. The molecule has 3 rings (SSSR count). The zero-order valence-electron chi connectivity index (χ0n) is 8.39. The summed E-state index contributed by atoms with van der Waals surface area (Å²) in [4.78, 5) is 16.5. The number of carbonyl (C=O) groups is 1. The van der Waals surface area contributed by atoms with E-state index < -0.39 is 0 Å². The summed E-state index contributed by atoms with van der Waals surface area (Å²) in [6.45, 7) is 0. The van der Waals surface area contributed by atoms with Crippen molar-refractivity contribution in [2.75, 3.05) is 5.88 Å². The second-order valence-electron chi connectivity index (χ2n) is 3.64. The van der Waals surface area contributed by atoms with Gasteiger partial charge in [0, 0.05) is 5.88 Å². The van der Waals surface area contributed by atoms with E-state index in [-0.39, 0.29) is 11.2 Å². The molecule has 16 heavy (non-hydrogen) atoms. The molecule has 1 aromatic carbocycles. The predicted octanol–water partition coefficient (Wildman–Crippen LogP) is 2.78. The van der Waals surface area contributed by atoms with Crippen LogP contribution < -0.4 is 0 Å². The van der Waals surface area contributed by atoms with E-state index in [9.17, 15) is 4.79 Å². The highest BCUT2D eigenvalue weighted by atomic mass is 35.5. The van der Waals surface area contributed by atoms with Gasteiger partial charge in [-0.3, -0.25) is 9.36 Å². The Morgan fingerprint density at radius 1 is 1.44 bits per heavy atom. The van der Waals surface area contributed by atoms with Gasteiger partial charge in [-0.15, -0.1) is 11.6 Å². The topological polar surface area (TPSA) is 34.9 Å². The Balaban J connectivity index is 2.12. The summed E-state index contributed by atoms with van der Waals surface area (Å²) in [6, 6.07) is 7.69. The van der Waals surface area contributed by atoms with E-state index in [0.717, 1.165) is 16.2 Å². The Hall–Kier alpha value is -1.00. The number of benzene rings is 1. The Morgan fingerprint density at radius 2 is 2.25 bits per heavy atom. The smallest absolute Gasteiger partial charge is 0.246 e. The minimum absolute atomic E-state index is 0.0652. The van der Waals surface area contributed by atoms with Crippen LogP contribution in [-0.2, 0) is 0 Å². The van der Waals surface area contributed by atoms with Crippen molar-refractivity contribution in [2.24, 2.45) is 0 Å². The van der Waals surface area contributed by atoms with E-state index in [1.807, 2.05) is 24.3 Å². The summed E-state index contributed by atoms with van der Waals surface area (Å²) in [7, 11) is 0. The van der Waals surface area contributed by atoms with Crippen LogP contribution in [0.4, 0.5) is 0 Å². The van der Waals surface area contributed by atoms with Gasteiger partial charge in [-0.2, -0.15) is 0 Å². The van der Waals surface area contributed by atoms with Gasteiger partial charge in [-0.05, 0) is 18.6 Å². The normalized spacial score (nSPS) is 19.3. The van der Waals surface area contributed by atoms with Crippen LogP contribution in [0.15, 0.2) is 29.4 Å². The van der Waals surface area contributed by atoms with Gasteiger partial charge in [0.25, 0.3) is 0 Å². The summed E-state index contributed by atoms with van der Waals surface area (Å²) in [6.07, 6.45) is 0.697. The molecular formula is C11H9ClN2OS. The molecule has 0 unspecified atom stereocenters. The molecule has 5 heteroatoms. The average molecular weight is 253 g/mol. The third kappa shape index (κ3) is 1.37.